The van der Waals surface area contributed by atoms with Gasteiger partial charge in [0, 0.05) is 12.6 Å². The Labute approximate surface area is 185 Å². The lowest BCUT2D eigenvalue weighted by Crippen LogP contribution is -2.48. The topological polar surface area (TPSA) is 144 Å². The summed E-state index contributed by atoms with van der Waals surface area (Å²) in [6, 6.07) is 3.25. The molecular weight excluding hydrogens is 410 g/mol. The lowest BCUT2D eigenvalue weighted by Gasteiger charge is -2.35. The molecule has 0 unspecified atom stereocenters. The highest BCUT2D eigenvalue weighted by Gasteiger charge is 2.48. The molecule has 5 rings (SSSR count). The number of carbonyl (C=O) groups excluding carboxylic acids is 2. The first kappa shape index (κ1) is 20.6. The summed E-state index contributed by atoms with van der Waals surface area (Å²) < 4.78 is 1.63. The SMILES string of the molecule is Cc1cc(Nc2cc(NC(=O)C3(CN)CC3)ncn2)c(=O)n2c1C(=O)NC21CCCCC1. The summed E-state index contributed by atoms with van der Waals surface area (Å²) in [5.74, 6) is 0.363. The predicted molar refractivity (Wildman–Crippen MR) is 119 cm³/mol. The van der Waals surface area contributed by atoms with Crippen molar-refractivity contribution >= 4 is 29.1 Å². The van der Waals surface area contributed by atoms with E-state index < -0.39 is 11.1 Å². The van der Waals surface area contributed by atoms with Gasteiger partial charge in [-0.15, -0.1) is 0 Å². The normalized spacial score (nSPS) is 19.9. The third-order valence-electron chi connectivity index (χ3n) is 6.96. The number of fused-ring (bicyclic) bond motifs is 2. The van der Waals surface area contributed by atoms with Gasteiger partial charge in [0.1, 0.15) is 35.0 Å². The van der Waals surface area contributed by atoms with E-state index in [9.17, 15) is 14.4 Å². The second-order valence-electron chi connectivity index (χ2n) is 9.13. The molecule has 2 saturated carbocycles. The van der Waals surface area contributed by atoms with Crippen LogP contribution in [-0.4, -0.2) is 32.9 Å². The fourth-order valence-corrected chi connectivity index (χ4v) is 4.89. The minimum atomic E-state index is -0.657. The second-order valence-corrected chi connectivity index (χ2v) is 9.13. The van der Waals surface area contributed by atoms with Crippen LogP contribution in [0.3, 0.4) is 0 Å². The number of rotatable bonds is 5. The third kappa shape index (κ3) is 3.26. The molecule has 1 aliphatic heterocycles. The molecule has 32 heavy (non-hydrogen) atoms. The maximum atomic E-state index is 13.5. The zero-order valence-electron chi connectivity index (χ0n) is 18.0. The number of pyridine rings is 1. The molecule has 2 fully saturated rings. The van der Waals surface area contributed by atoms with Gasteiger partial charge in [-0.05, 0) is 57.1 Å². The van der Waals surface area contributed by atoms with Crippen LogP contribution in [0.1, 0.15) is 61.0 Å². The van der Waals surface area contributed by atoms with Crippen LogP contribution in [-0.2, 0) is 10.5 Å². The summed E-state index contributed by atoms with van der Waals surface area (Å²) in [7, 11) is 0. The van der Waals surface area contributed by atoms with E-state index in [1.807, 2.05) is 6.92 Å². The Morgan fingerprint density at radius 3 is 2.53 bits per heavy atom. The smallest absolute Gasteiger partial charge is 0.276 e. The van der Waals surface area contributed by atoms with Crippen molar-refractivity contribution in [3.63, 3.8) is 0 Å². The number of nitrogens with zero attached hydrogens (tertiary/aromatic N) is 3. The minimum Gasteiger partial charge on any atom is -0.336 e. The zero-order chi connectivity index (χ0) is 22.5. The van der Waals surface area contributed by atoms with E-state index in [4.69, 9.17) is 5.73 Å². The Morgan fingerprint density at radius 1 is 1.12 bits per heavy atom. The monoisotopic (exact) mass is 437 g/mol. The predicted octanol–water partition coefficient (Wildman–Crippen LogP) is 1.73. The molecule has 0 atom stereocenters. The molecule has 0 bridgehead atoms. The summed E-state index contributed by atoms with van der Waals surface area (Å²) >= 11 is 0. The molecule has 0 radical (unpaired) electrons. The summed E-state index contributed by atoms with van der Waals surface area (Å²) in [5, 5.41) is 8.93. The standard InChI is InChI=1S/C22H27N7O3/c1-13-9-14(19(31)29-17(13)18(30)28-22(29)5-3-2-4-6-22)26-15-10-16(25-12-24-15)27-20(32)21(11-23)7-8-21/h9-10,12H,2-8,11,23H2,1H3,(H,28,30)(H2,24,25,26,27,32). The van der Waals surface area contributed by atoms with Crippen LogP contribution in [0.5, 0.6) is 0 Å². The van der Waals surface area contributed by atoms with Gasteiger partial charge in [-0.1, -0.05) is 6.42 Å². The Morgan fingerprint density at radius 2 is 1.84 bits per heavy atom. The summed E-state index contributed by atoms with van der Waals surface area (Å²) in [4.78, 5) is 46.9. The molecule has 2 aromatic rings. The van der Waals surface area contributed by atoms with Crippen LogP contribution < -0.4 is 27.2 Å². The van der Waals surface area contributed by atoms with Crippen molar-refractivity contribution in [2.45, 2.75) is 57.5 Å². The van der Waals surface area contributed by atoms with Crippen LogP contribution in [0.4, 0.5) is 17.3 Å². The molecule has 10 nitrogen and oxygen atoms in total. The number of aromatic nitrogens is 3. The Bertz CT molecular complexity index is 1160. The lowest BCUT2D eigenvalue weighted by molar-refractivity contribution is -0.120. The van der Waals surface area contributed by atoms with Crippen molar-refractivity contribution in [2.24, 2.45) is 11.1 Å². The Kier molecular flexibility index (Phi) is 4.77. The zero-order valence-corrected chi connectivity index (χ0v) is 18.0. The number of nitrogens with one attached hydrogen (secondary N) is 3. The molecular formula is C22H27N7O3. The van der Waals surface area contributed by atoms with Crippen LogP contribution in [0.25, 0.3) is 0 Å². The summed E-state index contributed by atoms with van der Waals surface area (Å²) in [5.41, 5.74) is 5.77. The molecule has 2 aliphatic carbocycles. The number of hydrogen-bond acceptors (Lipinski definition) is 7. The average molecular weight is 438 g/mol. The molecule has 5 N–H and O–H groups in total. The van der Waals surface area contributed by atoms with Crippen molar-refractivity contribution in [3.8, 4) is 0 Å². The first-order chi connectivity index (χ1) is 15.4. The fourth-order valence-electron chi connectivity index (χ4n) is 4.89. The van der Waals surface area contributed by atoms with Gasteiger partial charge in [0.05, 0.1) is 5.41 Å². The fraction of sp³-hybridized carbons (Fsp3) is 0.500. The van der Waals surface area contributed by atoms with E-state index >= 15 is 0 Å². The molecule has 0 saturated heterocycles. The van der Waals surface area contributed by atoms with Crippen molar-refractivity contribution < 1.29 is 9.59 Å². The van der Waals surface area contributed by atoms with Gasteiger partial charge in [-0.2, -0.15) is 0 Å². The van der Waals surface area contributed by atoms with Gasteiger partial charge in [-0.25, -0.2) is 9.97 Å². The van der Waals surface area contributed by atoms with E-state index in [1.165, 1.54) is 6.33 Å². The highest BCUT2D eigenvalue weighted by molar-refractivity contribution is 5.97. The van der Waals surface area contributed by atoms with E-state index in [0.29, 0.717) is 35.1 Å². The number of aryl methyl sites for hydroxylation is 1. The lowest BCUT2D eigenvalue weighted by atomic mass is 9.89. The van der Waals surface area contributed by atoms with Gasteiger partial charge in [0.25, 0.3) is 11.5 Å². The first-order valence-corrected chi connectivity index (χ1v) is 11.1. The molecule has 2 aromatic heterocycles. The number of carbonyl (C=O) groups is 2. The van der Waals surface area contributed by atoms with E-state index in [1.54, 1.807) is 16.7 Å². The van der Waals surface area contributed by atoms with Gasteiger partial charge in [0.2, 0.25) is 5.91 Å². The minimum absolute atomic E-state index is 0.151. The maximum Gasteiger partial charge on any atom is 0.276 e. The van der Waals surface area contributed by atoms with Crippen LogP contribution in [0, 0.1) is 12.3 Å². The van der Waals surface area contributed by atoms with Crippen LogP contribution in [0.2, 0.25) is 0 Å². The van der Waals surface area contributed by atoms with E-state index in [2.05, 4.69) is 25.9 Å². The molecule has 3 aliphatic rings. The number of nitrogens with two attached hydrogens (primary N) is 1. The Hall–Kier alpha value is -3.27. The molecule has 0 aromatic carbocycles. The van der Waals surface area contributed by atoms with Crippen molar-refractivity contribution in [2.75, 3.05) is 17.2 Å². The highest BCUT2D eigenvalue weighted by atomic mass is 16.2. The van der Waals surface area contributed by atoms with E-state index in [-0.39, 0.29) is 17.4 Å². The molecule has 2 amide bonds. The molecule has 10 heteroatoms. The maximum absolute atomic E-state index is 13.5. The highest BCUT2D eigenvalue weighted by Crippen LogP contribution is 2.45. The van der Waals surface area contributed by atoms with Gasteiger partial charge < -0.3 is 21.7 Å². The van der Waals surface area contributed by atoms with Gasteiger partial charge in [0.15, 0.2) is 0 Å². The van der Waals surface area contributed by atoms with Crippen LogP contribution in [0.15, 0.2) is 23.3 Å². The van der Waals surface area contributed by atoms with Gasteiger partial charge >= 0.3 is 0 Å². The van der Waals surface area contributed by atoms with Crippen molar-refractivity contribution in [3.05, 3.63) is 40.1 Å². The second kappa shape index (κ2) is 7.40. The molecule has 168 valence electrons. The molecule has 3 heterocycles. The number of amides is 2. The first-order valence-electron chi connectivity index (χ1n) is 11.1. The quantitative estimate of drug-likeness (QED) is 0.557. The average Bonchev–Trinajstić information content (AvgIpc) is 3.53. The van der Waals surface area contributed by atoms with Gasteiger partial charge in [-0.3, -0.25) is 19.0 Å². The third-order valence-corrected chi connectivity index (χ3v) is 6.96. The summed E-state index contributed by atoms with van der Waals surface area (Å²) in [6.45, 7) is 2.13. The van der Waals surface area contributed by atoms with Crippen molar-refractivity contribution in [1.82, 2.24) is 19.9 Å². The summed E-state index contributed by atoms with van der Waals surface area (Å²) in [6.07, 6.45) is 7.36. The largest absolute Gasteiger partial charge is 0.336 e. The van der Waals surface area contributed by atoms with Crippen molar-refractivity contribution in [1.29, 1.82) is 0 Å². The van der Waals surface area contributed by atoms with E-state index in [0.717, 1.165) is 44.9 Å². The number of hydrogen-bond donors (Lipinski definition) is 4. The molecule has 1 spiro atoms. The number of anilines is 3. The Balaban J connectivity index is 1.45. The van der Waals surface area contributed by atoms with Crippen LogP contribution >= 0.6 is 0 Å².